The van der Waals surface area contributed by atoms with Crippen molar-refractivity contribution in [3.63, 3.8) is 0 Å². The number of benzene rings is 1. The Morgan fingerprint density at radius 1 is 0.882 bits per heavy atom. The van der Waals surface area contributed by atoms with Gasteiger partial charge in [-0.1, -0.05) is 45.9 Å². The van der Waals surface area contributed by atoms with E-state index in [9.17, 15) is 19.8 Å². The number of aliphatic hydroxyl groups is 2. The van der Waals surface area contributed by atoms with Gasteiger partial charge < -0.3 is 57.9 Å². The standard InChI is InChI=1S/C52H81N3O13/c1-15-39-52(10)44(55(49(60)68-52)25-19-18-20-35-23-24-53-37-22-17-16-21-36(35)37)31(4)41(56)29(2)27-51(9,62-14)46(67-48-42(57)38(54(11)12)26-30(3)63-48)32(5)43(33(6)47(59)65-39)66-40-28-50(8,61-13)45(58)34(7)64-40/h16-17,21-24,29-34,38-40,42-46,48,57-58H,15,18-20,25-28H2,1-14H3/t29-,30-,31+,32+,33-,34+,38+,39-,40?,42-,43?,44-,45-,46-,48+,50?,51-,52-/m1/s1. The molecule has 1 aromatic carbocycles. The predicted octanol–water partition coefficient (Wildman–Crippen LogP) is 6.48. The summed E-state index contributed by atoms with van der Waals surface area (Å²) in [6.45, 7) is 18.6. The fraction of sp³-hybridized carbons (Fsp3) is 0.769. The summed E-state index contributed by atoms with van der Waals surface area (Å²) < 4.78 is 51.8. The van der Waals surface area contributed by atoms with Crippen LogP contribution in [-0.4, -0.2) is 162 Å². The molecule has 68 heavy (non-hydrogen) atoms. The Hall–Kier alpha value is -3.32. The number of hydrogen-bond donors (Lipinski definition) is 2. The zero-order chi connectivity index (χ0) is 50.0. The molecular formula is C52H81N3O13. The molecule has 4 aliphatic rings. The van der Waals surface area contributed by atoms with Crippen LogP contribution in [0.15, 0.2) is 36.5 Å². The number of fused-ring (bicyclic) bond motifs is 2. The van der Waals surface area contributed by atoms with Gasteiger partial charge in [0.2, 0.25) is 0 Å². The number of likely N-dealkylation sites (N-methyl/N-ethyl adjacent to an activating group) is 1. The van der Waals surface area contributed by atoms with Gasteiger partial charge in [0.25, 0.3) is 0 Å². The second-order valence-corrected chi connectivity index (χ2v) is 21.1. The van der Waals surface area contributed by atoms with Gasteiger partial charge in [-0.2, -0.15) is 0 Å². The number of aromatic nitrogens is 1. The number of esters is 1. The van der Waals surface area contributed by atoms with E-state index < -0.39 is 108 Å². The summed E-state index contributed by atoms with van der Waals surface area (Å²) in [7, 11) is 6.88. The van der Waals surface area contributed by atoms with E-state index in [1.807, 2.05) is 91.0 Å². The van der Waals surface area contributed by atoms with Crippen LogP contribution >= 0.6 is 0 Å². The number of aliphatic hydroxyl groups excluding tert-OH is 2. The number of rotatable bonds is 13. The number of cyclic esters (lactones) is 1. The zero-order valence-electron chi connectivity index (χ0n) is 43.0. The number of hydrogen-bond acceptors (Lipinski definition) is 15. The van der Waals surface area contributed by atoms with Gasteiger partial charge in [-0.05, 0) is 112 Å². The van der Waals surface area contributed by atoms with Crippen LogP contribution in [0, 0.1) is 23.7 Å². The molecule has 16 heteroatoms. The minimum atomic E-state index is -1.41. The molecular weight excluding hydrogens is 875 g/mol. The van der Waals surface area contributed by atoms with Crippen molar-refractivity contribution in [1.82, 2.24) is 14.8 Å². The minimum absolute atomic E-state index is 0.126. The minimum Gasteiger partial charge on any atom is -0.458 e. The number of aryl methyl sites for hydroxylation is 1. The normalized spacial score (nSPS) is 41.0. The lowest BCUT2D eigenvalue weighted by Crippen LogP contribution is -2.61. The second-order valence-electron chi connectivity index (χ2n) is 21.1. The summed E-state index contributed by atoms with van der Waals surface area (Å²) in [6.07, 6.45) is -3.44. The lowest BCUT2D eigenvalue weighted by atomic mass is 9.73. The fourth-order valence-corrected chi connectivity index (χ4v) is 11.8. The van der Waals surface area contributed by atoms with E-state index in [0.29, 0.717) is 19.4 Å². The average molecular weight is 956 g/mol. The van der Waals surface area contributed by atoms with Crippen molar-refractivity contribution in [3.8, 4) is 0 Å². The molecule has 1 aromatic heterocycles. The van der Waals surface area contributed by atoms with E-state index in [1.165, 1.54) is 12.7 Å². The molecule has 4 aliphatic heterocycles. The van der Waals surface area contributed by atoms with Crippen LogP contribution in [0.1, 0.15) is 113 Å². The quantitative estimate of drug-likeness (QED) is 0.164. The average Bonchev–Trinajstić information content (AvgIpc) is 3.57. The number of ketones is 1. The molecule has 0 aliphatic carbocycles. The predicted molar refractivity (Wildman–Crippen MR) is 254 cm³/mol. The van der Waals surface area contributed by atoms with Crippen molar-refractivity contribution < 1.29 is 62.5 Å². The third-order valence-corrected chi connectivity index (χ3v) is 16.0. The Balaban J connectivity index is 1.39. The number of ether oxygens (including phenoxy) is 8. The number of para-hydroxylation sites is 1. The highest BCUT2D eigenvalue weighted by Crippen LogP contribution is 2.45. The molecule has 6 rings (SSSR count). The van der Waals surface area contributed by atoms with Gasteiger partial charge in [-0.3, -0.25) is 14.6 Å². The maximum atomic E-state index is 15.1. The monoisotopic (exact) mass is 956 g/mol. The van der Waals surface area contributed by atoms with Crippen LogP contribution in [0.2, 0.25) is 0 Å². The molecule has 16 nitrogen and oxygen atoms in total. The van der Waals surface area contributed by atoms with E-state index >= 15 is 4.79 Å². The molecule has 4 fully saturated rings. The highest BCUT2D eigenvalue weighted by atomic mass is 16.7. The van der Waals surface area contributed by atoms with E-state index in [-0.39, 0.29) is 37.2 Å². The first kappa shape index (κ1) is 54.0. The lowest BCUT2D eigenvalue weighted by molar-refractivity contribution is -0.319. The number of nitrogens with zero attached hydrogens (tertiary/aromatic N) is 3. The van der Waals surface area contributed by atoms with Crippen molar-refractivity contribution >= 4 is 28.7 Å². The van der Waals surface area contributed by atoms with Crippen LogP contribution in [-0.2, 0) is 53.9 Å². The highest BCUT2D eigenvalue weighted by molar-refractivity contribution is 5.85. The Labute approximate surface area is 404 Å². The van der Waals surface area contributed by atoms with Crippen molar-refractivity contribution in [2.24, 2.45) is 23.7 Å². The molecule has 18 atom stereocenters. The van der Waals surface area contributed by atoms with Gasteiger partial charge in [0, 0.05) is 62.6 Å². The van der Waals surface area contributed by atoms with E-state index in [2.05, 4.69) is 11.1 Å². The molecule has 0 saturated carbocycles. The molecule has 4 saturated heterocycles. The van der Waals surface area contributed by atoms with E-state index in [1.54, 1.807) is 39.7 Å². The smallest absolute Gasteiger partial charge is 0.410 e. The van der Waals surface area contributed by atoms with Crippen LogP contribution in [0.3, 0.4) is 0 Å². The number of amides is 1. The Bertz CT molecular complexity index is 2040. The summed E-state index contributed by atoms with van der Waals surface area (Å²) in [6, 6.07) is 8.97. The van der Waals surface area contributed by atoms with Gasteiger partial charge in [0.05, 0.1) is 53.1 Å². The summed E-state index contributed by atoms with van der Waals surface area (Å²) in [4.78, 5) is 52.4. The summed E-state index contributed by atoms with van der Waals surface area (Å²) in [5, 5.41) is 24.1. The highest BCUT2D eigenvalue weighted by Gasteiger charge is 2.61. The van der Waals surface area contributed by atoms with Crippen LogP contribution < -0.4 is 0 Å². The summed E-state index contributed by atoms with van der Waals surface area (Å²) in [5.41, 5.74) is -1.62. The topological polar surface area (TPSA) is 185 Å². The molecule has 1 amide bonds. The van der Waals surface area contributed by atoms with Crippen LogP contribution in [0.4, 0.5) is 4.79 Å². The summed E-state index contributed by atoms with van der Waals surface area (Å²) >= 11 is 0. The number of methoxy groups -OCH3 is 2. The van der Waals surface area contributed by atoms with Gasteiger partial charge in [0.15, 0.2) is 18.2 Å². The molecule has 0 bridgehead atoms. The van der Waals surface area contributed by atoms with Crippen molar-refractivity contribution in [2.75, 3.05) is 34.9 Å². The van der Waals surface area contributed by atoms with Gasteiger partial charge in [0.1, 0.15) is 24.1 Å². The van der Waals surface area contributed by atoms with Crippen molar-refractivity contribution in [2.45, 2.75) is 198 Å². The molecule has 5 heterocycles. The zero-order valence-corrected chi connectivity index (χ0v) is 43.0. The maximum absolute atomic E-state index is 15.1. The maximum Gasteiger partial charge on any atom is 0.410 e. The van der Waals surface area contributed by atoms with Crippen LogP contribution in [0.25, 0.3) is 10.9 Å². The molecule has 3 unspecified atom stereocenters. The van der Waals surface area contributed by atoms with Gasteiger partial charge in [-0.15, -0.1) is 0 Å². The lowest BCUT2D eigenvalue weighted by Gasteiger charge is -2.50. The van der Waals surface area contributed by atoms with Crippen molar-refractivity contribution in [1.29, 1.82) is 0 Å². The number of pyridine rings is 1. The van der Waals surface area contributed by atoms with Crippen LogP contribution in [0.5, 0.6) is 0 Å². The SMILES string of the molecule is CC[C@H]1OC(=O)[C@H](C)C(OC2CC(C)(OC)[C@H](O)[C@H](C)O2)[C@H](C)[C@@H](O[C@@H]2O[C@H](C)C[C@H](N(C)C)[C@H]2O)[C@](C)(OC)C[C@@H](C)C(=O)[C@H](C)[C@H]2N(CCCCc3ccnc4ccccc34)C(=O)O[C@]12C. The van der Waals surface area contributed by atoms with Gasteiger partial charge in [-0.25, -0.2) is 4.79 Å². The fourth-order valence-electron chi connectivity index (χ4n) is 11.8. The van der Waals surface area contributed by atoms with E-state index in [0.717, 1.165) is 23.7 Å². The van der Waals surface area contributed by atoms with E-state index in [4.69, 9.17) is 37.9 Å². The molecule has 0 spiro atoms. The Morgan fingerprint density at radius 2 is 1.57 bits per heavy atom. The first-order valence-corrected chi connectivity index (χ1v) is 24.8. The first-order valence-electron chi connectivity index (χ1n) is 24.8. The molecule has 2 N–H and O–H groups in total. The molecule has 2 aromatic rings. The number of carbonyl (C=O) groups excluding carboxylic acids is 3. The molecule has 0 radical (unpaired) electrons. The van der Waals surface area contributed by atoms with Crippen molar-refractivity contribution in [3.05, 3.63) is 42.1 Å². The number of Topliss-reactive ketones (excluding diaryl/α,β-unsaturated/α-hetero) is 1. The largest absolute Gasteiger partial charge is 0.458 e. The van der Waals surface area contributed by atoms with Gasteiger partial charge >= 0.3 is 12.1 Å². The number of carbonyl (C=O) groups is 3. The number of unbranched alkanes of at least 4 members (excludes halogenated alkanes) is 1. The Morgan fingerprint density at radius 3 is 2.24 bits per heavy atom. The molecule has 382 valence electrons. The second kappa shape index (κ2) is 22.0. The first-order chi connectivity index (χ1) is 32.0. The third-order valence-electron chi connectivity index (χ3n) is 16.0. The summed E-state index contributed by atoms with van der Waals surface area (Å²) in [5.74, 6) is -3.86. The Kier molecular flexibility index (Phi) is 17.5. The third kappa shape index (κ3) is 10.9.